The molecule has 2 rings (SSSR count). The third kappa shape index (κ3) is 3.42. The Balaban J connectivity index is 2.37. The van der Waals surface area contributed by atoms with Crippen LogP contribution in [0.2, 0.25) is 0 Å². The summed E-state index contributed by atoms with van der Waals surface area (Å²) in [7, 11) is 0. The molecule has 0 saturated carbocycles. The van der Waals surface area contributed by atoms with Crippen molar-refractivity contribution in [2.45, 2.75) is 6.18 Å². The van der Waals surface area contributed by atoms with Crippen molar-refractivity contribution in [1.29, 1.82) is 0 Å². The van der Waals surface area contributed by atoms with Gasteiger partial charge in [-0.2, -0.15) is 13.2 Å². The molecule has 0 N–H and O–H groups in total. The predicted octanol–water partition coefficient (Wildman–Crippen LogP) is 3.66. The molecular weight excluding hydrogens is 315 g/mol. The van der Waals surface area contributed by atoms with Crippen LogP contribution >= 0.6 is 0 Å². The number of nitrogens with zero attached hydrogens (tertiary/aromatic N) is 1. The summed E-state index contributed by atoms with van der Waals surface area (Å²) in [5, 5.41) is 10.7. The molecular formula is C15H8F3NO4. The quantitative estimate of drug-likeness (QED) is 0.372. The molecule has 23 heavy (non-hydrogen) atoms. The largest absolute Gasteiger partial charge is 0.416 e. The van der Waals surface area contributed by atoms with Crippen LogP contribution in [0.4, 0.5) is 18.9 Å². The van der Waals surface area contributed by atoms with E-state index < -0.39 is 28.1 Å². The predicted molar refractivity (Wildman–Crippen MR) is 73.4 cm³/mol. The molecule has 0 spiro atoms. The highest BCUT2D eigenvalue weighted by molar-refractivity contribution is 6.09. The van der Waals surface area contributed by atoms with Gasteiger partial charge < -0.3 is 0 Å². The molecule has 5 nitrogen and oxygen atoms in total. The number of hydrogen-bond acceptors (Lipinski definition) is 4. The fourth-order valence-corrected chi connectivity index (χ4v) is 1.93. The summed E-state index contributed by atoms with van der Waals surface area (Å²) in [6.07, 6.45) is -4.28. The standard InChI is InChI=1S/C15H8F3NO4/c16-15(17,18)12-4-1-9(2-5-12)14(21)10-3-6-13(19(22)23)11(7-10)8-20/h1-8H. The maximum Gasteiger partial charge on any atom is 0.416 e. The van der Waals surface area contributed by atoms with Crippen molar-refractivity contribution in [3.05, 3.63) is 74.8 Å². The van der Waals surface area contributed by atoms with Crippen molar-refractivity contribution in [1.82, 2.24) is 0 Å². The summed E-state index contributed by atoms with van der Waals surface area (Å²) < 4.78 is 37.4. The number of nitro groups is 1. The van der Waals surface area contributed by atoms with Crippen LogP contribution in [0.3, 0.4) is 0 Å². The second-order valence-electron chi connectivity index (χ2n) is 4.55. The van der Waals surface area contributed by atoms with Gasteiger partial charge in [0.25, 0.3) is 5.69 Å². The first kappa shape index (κ1) is 16.3. The number of carbonyl (C=O) groups is 2. The van der Waals surface area contributed by atoms with E-state index in [2.05, 4.69) is 0 Å². The van der Waals surface area contributed by atoms with Gasteiger partial charge in [0.2, 0.25) is 0 Å². The van der Waals surface area contributed by atoms with Gasteiger partial charge in [-0.1, -0.05) is 12.1 Å². The molecule has 0 aliphatic heterocycles. The third-order valence-corrected chi connectivity index (χ3v) is 3.09. The van der Waals surface area contributed by atoms with Gasteiger partial charge in [0, 0.05) is 17.2 Å². The molecule has 0 aliphatic rings. The second kappa shape index (κ2) is 5.99. The lowest BCUT2D eigenvalue weighted by molar-refractivity contribution is -0.385. The van der Waals surface area contributed by atoms with Crippen LogP contribution in [0.5, 0.6) is 0 Å². The third-order valence-electron chi connectivity index (χ3n) is 3.09. The average molecular weight is 323 g/mol. The molecule has 0 radical (unpaired) electrons. The number of hydrogen-bond donors (Lipinski definition) is 0. The van der Waals surface area contributed by atoms with E-state index in [-0.39, 0.29) is 23.0 Å². The summed E-state index contributed by atoms with van der Waals surface area (Å²) in [6.45, 7) is 0. The van der Waals surface area contributed by atoms with Gasteiger partial charge in [-0.05, 0) is 24.3 Å². The zero-order valence-electron chi connectivity index (χ0n) is 11.3. The number of alkyl halides is 3. The molecule has 2 aromatic rings. The van der Waals surface area contributed by atoms with E-state index in [1.165, 1.54) is 0 Å². The first-order valence-electron chi connectivity index (χ1n) is 6.19. The molecule has 2 aromatic carbocycles. The average Bonchev–Trinajstić information content (AvgIpc) is 2.52. The molecule has 0 aliphatic carbocycles. The Kier molecular flexibility index (Phi) is 4.26. The van der Waals surface area contributed by atoms with Gasteiger partial charge in [0.05, 0.1) is 16.1 Å². The van der Waals surface area contributed by atoms with Crippen molar-refractivity contribution in [2.75, 3.05) is 0 Å². The first-order valence-corrected chi connectivity index (χ1v) is 6.19. The molecule has 0 amide bonds. The Morgan fingerprint density at radius 2 is 1.61 bits per heavy atom. The Labute approximate surface area is 127 Å². The highest BCUT2D eigenvalue weighted by Crippen LogP contribution is 2.29. The van der Waals surface area contributed by atoms with Crippen molar-refractivity contribution in [3.63, 3.8) is 0 Å². The lowest BCUT2D eigenvalue weighted by Crippen LogP contribution is -2.07. The van der Waals surface area contributed by atoms with Crippen molar-refractivity contribution < 1.29 is 27.7 Å². The lowest BCUT2D eigenvalue weighted by atomic mass is 9.99. The maximum atomic E-state index is 12.5. The molecule has 0 aromatic heterocycles. The highest BCUT2D eigenvalue weighted by Gasteiger charge is 2.30. The van der Waals surface area contributed by atoms with Crippen molar-refractivity contribution in [2.24, 2.45) is 0 Å². The lowest BCUT2D eigenvalue weighted by Gasteiger charge is -2.07. The van der Waals surface area contributed by atoms with Gasteiger partial charge >= 0.3 is 6.18 Å². The number of rotatable bonds is 4. The molecule has 0 heterocycles. The van der Waals surface area contributed by atoms with Crippen LogP contribution in [0.25, 0.3) is 0 Å². The van der Waals surface area contributed by atoms with E-state index in [9.17, 15) is 32.9 Å². The van der Waals surface area contributed by atoms with Gasteiger partial charge in [-0.25, -0.2) is 0 Å². The highest BCUT2D eigenvalue weighted by atomic mass is 19.4. The van der Waals surface area contributed by atoms with E-state index >= 15 is 0 Å². The summed E-state index contributed by atoms with van der Waals surface area (Å²) >= 11 is 0. The zero-order valence-corrected chi connectivity index (χ0v) is 11.3. The van der Waals surface area contributed by atoms with Gasteiger partial charge in [-0.15, -0.1) is 0 Å². The first-order chi connectivity index (χ1) is 10.7. The summed E-state index contributed by atoms with van der Waals surface area (Å²) in [5.41, 5.74) is -1.69. The molecule has 0 fully saturated rings. The minimum absolute atomic E-state index is 0.0243. The minimum Gasteiger partial charge on any atom is -0.298 e. The van der Waals surface area contributed by atoms with Crippen molar-refractivity contribution in [3.8, 4) is 0 Å². The summed E-state index contributed by atoms with van der Waals surface area (Å²) in [6, 6.07) is 6.72. The van der Waals surface area contributed by atoms with E-state index in [4.69, 9.17) is 0 Å². The van der Waals surface area contributed by atoms with Crippen LogP contribution in [0.15, 0.2) is 42.5 Å². The number of nitro benzene ring substituents is 1. The molecule has 0 unspecified atom stereocenters. The number of carbonyl (C=O) groups excluding carboxylic acids is 2. The number of aldehydes is 1. The van der Waals surface area contributed by atoms with Crippen LogP contribution in [-0.4, -0.2) is 17.0 Å². The minimum atomic E-state index is -4.51. The molecule has 0 saturated heterocycles. The molecule has 0 atom stereocenters. The number of halogens is 3. The topological polar surface area (TPSA) is 77.3 Å². The van der Waals surface area contributed by atoms with Crippen LogP contribution < -0.4 is 0 Å². The number of ketones is 1. The molecule has 8 heteroatoms. The summed E-state index contributed by atoms with van der Waals surface area (Å²) in [5.74, 6) is -0.642. The fraction of sp³-hybridized carbons (Fsp3) is 0.0667. The monoisotopic (exact) mass is 323 g/mol. The zero-order chi connectivity index (χ0) is 17.2. The Bertz CT molecular complexity index is 782. The summed E-state index contributed by atoms with van der Waals surface area (Å²) in [4.78, 5) is 33.0. The maximum absolute atomic E-state index is 12.5. The van der Waals surface area contributed by atoms with Crippen LogP contribution in [0, 0.1) is 10.1 Å². The second-order valence-corrected chi connectivity index (χ2v) is 4.55. The SMILES string of the molecule is O=Cc1cc(C(=O)c2ccc(C(F)(F)F)cc2)ccc1[N+](=O)[O-]. The van der Waals surface area contributed by atoms with Gasteiger partial charge in [0.1, 0.15) is 0 Å². The Morgan fingerprint density at radius 3 is 2.09 bits per heavy atom. The molecule has 118 valence electrons. The van der Waals surface area contributed by atoms with E-state index in [1.54, 1.807) is 0 Å². The fourth-order valence-electron chi connectivity index (χ4n) is 1.93. The smallest absolute Gasteiger partial charge is 0.298 e. The van der Waals surface area contributed by atoms with Crippen molar-refractivity contribution >= 4 is 17.8 Å². The van der Waals surface area contributed by atoms with Gasteiger partial charge in [0.15, 0.2) is 12.1 Å². The normalized spacial score (nSPS) is 11.1. The Hall–Kier alpha value is -3.03. The van der Waals surface area contributed by atoms with E-state index in [0.717, 1.165) is 42.5 Å². The van der Waals surface area contributed by atoms with Gasteiger partial charge in [-0.3, -0.25) is 19.7 Å². The van der Waals surface area contributed by atoms with E-state index in [0.29, 0.717) is 0 Å². The molecule has 0 bridgehead atoms. The Morgan fingerprint density at radius 1 is 1.04 bits per heavy atom. The van der Waals surface area contributed by atoms with E-state index in [1.807, 2.05) is 0 Å². The van der Waals surface area contributed by atoms with Crippen LogP contribution in [-0.2, 0) is 6.18 Å². The number of benzene rings is 2. The van der Waals surface area contributed by atoms with Crippen LogP contribution in [0.1, 0.15) is 31.8 Å².